The summed E-state index contributed by atoms with van der Waals surface area (Å²) in [4.78, 5) is 0. The highest BCUT2D eigenvalue weighted by Crippen LogP contribution is 2.63. The van der Waals surface area contributed by atoms with Crippen LogP contribution < -0.4 is 0 Å². The molecule has 0 aromatic heterocycles. The van der Waals surface area contributed by atoms with Crippen molar-refractivity contribution in [2.45, 2.75) is 18.5 Å². The van der Waals surface area contributed by atoms with Gasteiger partial charge < -0.3 is 0 Å². The molecule has 0 heterocycles. The van der Waals surface area contributed by atoms with Gasteiger partial charge in [-0.25, -0.2) is 0 Å². The summed E-state index contributed by atoms with van der Waals surface area (Å²) in [5, 5.41) is 0. The van der Waals surface area contributed by atoms with Gasteiger partial charge in [-0.15, -0.1) is 0 Å². The molecule has 1 aliphatic carbocycles. The fourth-order valence-corrected chi connectivity index (χ4v) is 1.90. The Hall–Kier alpha value is -1.41. The van der Waals surface area contributed by atoms with Gasteiger partial charge in [0, 0.05) is 5.92 Å². The fourth-order valence-electron chi connectivity index (χ4n) is 1.90. The van der Waals surface area contributed by atoms with Gasteiger partial charge in [-0.2, -0.15) is 39.5 Å². The van der Waals surface area contributed by atoms with Gasteiger partial charge in [-0.3, -0.25) is 0 Å². The maximum atomic E-state index is 12.8. The largest absolute Gasteiger partial charge is 0.413 e. The molecule has 9 heteroatoms. The van der Waals surface area contributed by atoms with Gasteiger partial charge in [0.05, 0.1) is 0 Å². The molecule has 0 fully saturated rings. The summed E-state index contributed by atoms with van der Waals surface area (Å²) in [6.45, 7) is 0. The third-order valence-corrected chi connectivity index (χ3v) is 2.81. The van der Waals surface area contributed by atoms with Crippen molar-refractivity contribution in [3.05, 3.63) is 36.5 Å². The third-order valence-electron chi connectivity index (χ3n) is 2.81. The lowest BCUT2D eigenvalue weighted by Crippen LogP contribution is -2.63. The Labute approximate surface area is 107 Å². The first-order chi connectivity index (χ1) is 8.86. The van der Waals surface area contributed by atoms with Crippen molar-refractivity contribution in [2.75, 3.05) is 0 Å². The average molecular weight is 310 g/mol. The molecule has 0 unspecified atom stereocenters. The van der Waals surface area contributed by atoms with Crippen LogP contribution >= 0.6 is 0 Å². The molecule has 1 aliphatic rings. The number of allylic oxidation sites excluding steroid dienone is 6. The molecular formula is C11H7F9. The Kier molecular flexibility index (Phi) is 4.04. The number of rotatable bonds is 1. The highest BCUT2D eigenvalue weighted by molar-refractivity contribution is 5.25. The predicted molar refractivity (Wildman–Crippen MR) is 51.5 cm³/mol. The molecule has 1 rings (SSSR count). The first-order valence-corrected chi connectivity index (χ1v) is 5.07. The molecule has 0 saturated heterocycles. The van der Waals surface area contributed by atoms with Crippen LogP contribution in [0, 0.1) is 11.3 Å². The molecule has 0 nitrogen and oxygen atoms in total. The Morgan fingerprint density at radius 2 is 0.800 bits per heavy atom. The van der Waals surface area contributed by atoms with Gasteiger partial charge >= 0.3 is 18.5 Å². The van der Waals surface area contributed by atoms with E-state index in [2.05, 4.69) is 0 Å². The van der Waals surface area contributed by atoms with Crippen LogP contribution in [-0.2, 0) is 0 Å². The Morgan fingerprint density at radius 3 is 1.05 bits per heavy atom. The van der Waals surface area contributed by atoms with Crippen LogP contribution in [-0.4, -0.2) is 18.5 Å². The van der Waals surface area contributed by atoms with Gasteiger partial charge in [0.2, 0.25) is 0 Å². The summed E-state index contributed by atoms with van der Waals surface area (Å²) in [5.74, 6) is -2.93. The van der Waals surface area contributed by atoms with Gasteiger partial charge in [-0.05, 0) is 0 Å². The first-order valence-electron chi connectivity index (χ1n) is 5.07. The SMILES string of the molecule is FC(F)(F)C(C1C=CC=CC=C1)(C(F)(F)F)C(F)(F)F. The zero-order chi connectivity index (χ0) is 15.8. The van der Waals surface area contributed by atoms with E-state index in [1.54, 1.807) is 0 Å². The van der Waals surface area contributed by atoms with Crippen molar-refractivity contribution in [3.8, 4) is 0 Å². The Bertz CT molecular complexity index is 378. The summed E-state index contributed by atoms with van der Waals surface area (Å²) >= 11 is 0. The van der Waals surface area contributed by atoms with Gasteiger partial charge in [0.1, 0.15) is 0 Å². The highest BCUT2D eigenvalue weighted by atomic mass is 19.4. The molecule has 0 radical (unpaired) electrons. The molecule has 0 aromatic rings. The minimum absolute atomic E-state index is 0.231. The van der Waals surface area contributed by atoms with Crippen molar-refractivity contribution in [3.63, 3.8) is 0 Å². The molecule has 0 N–H and O–H groups in total. The molecule has 0 aliphatic heterocycles. The van der Waals surface area contributed by atoms with Gasteiger partial charge in [-0.1, -0.05) is 36.5 Å². The van der Waals surface area contributed by atoms with Crippen LogP contribution in [0.5, 0.6) is 0 Å². The third kappa shape index (κ3) is 2.45. The van der Waals surface area contributed by atoms with Gasteiger partial charge in [0.15, 0.2) is 0 Å². The van der Waals surface area contributed by atoms with E-state index < -0.39 is 29.9 Å². The first kappa shape index (κ1) is 16.6. The lowest BCUT2D eigenvalue weighted by Gasteiger charge is -2.41. The normalized spacial score (nSPS) is 18.4. The molecule has 0 bridgehead atoms. The maximum Gasteiger partial charge on any atom is 0.413 e. The van der Waals surface area contributed by atoms with E-state index in [0.29, 0.717) is 12.2 Å². The second-order valence-electron chi connectivity index (χ2n) is 3.98. The summed E-state index contributed by atoms with van der Waals surface area (Å²) in [6, 6.07) is 0. The molecule has 0 atom stereocenters. The van der Waals surface area contributed by atoms with Gasteiger partial charge in [0.25, 0.3) is 5.41 Å². The average Bonchev–Trinajstić information content (AvgIpc) is 2.39. The molecule has 0 spiro atoms. The number of halogens is 9. The summed E-state index contributed by atoms with van der Waals surface area (Å²) in [5.41, 5.74) is -5.84. The van der Waals surface area contributed by atoms with E-state index in [1.807, 2.05) is 0 Å². The zero-order valence-electron chi connectivity index (χ0n) is 9.44. The van der Waals surface area contributed by atoms with Crippen molar-refractivity contribution >= 4 is 0 Å². The number of alkyl halides is 9. The lowest BCUT2D eigenvalue weighted by molar-refractivity contribution is -0.434. The Balaban J connectivity index is 3.64. The van der Waals surface area contributed by atoms with Crippen LogP contribution in [0.4, 0.5) is 39.5 Å². The van der Waals surface area contributed by atoms with Crippen molar-refractivity contribution in [1.29, 1.82) is 0 Å². The number of hydrogen-bond acceptors (Lipinski definition) is 0. The van der Waals surface area contributed by atoms with Crippen molar-refractivity contribution in [2.24, 2.45) is 11.3 Å². The molecule has 114 valence electrons. The van der Waals surface area contributed by atoms with E-state index in [0.717, 1.165) is 12.2 Å². The van der Waals surface area contributed by atoms with Crippen molar-refractivity contribution in [1.82, 2.24) is 0 Å². The topological polar surface area (TPSA) is 0 Å². The number of hydrogen-bond donors (Lipinski definition) is 0. The molecule has 0 amide bonds. The minimum Gasteiger partial charge on any atom is -0.170 e. The smallest absolute Gasteiger partial charge is 0.170 e. The van der Waals surface area contributed by atoms with E-state index in [9.17, 15) is 39.5 Å². The Morgan fingerprint density at radius 1 is 0.500 bits per heavy atom. The zero-order valence-corrected chi connectivity index (χ0v) is 9.44. The quantitative estimate of drug-likeness (QED) is 0.601. The lowest BCUT2D eigenvalue weighted by atomic mass is 9.72. The van der Waals surface area contributed by atoms with Crippen LogP contribution in [0.15, 0.2) is 36.5 Å². The molecular weight excluding hydrogens is 303 g/mol. The summed E-state index contributed by atoms with van der Waals surface area (Å²) in [7, 11) is 0. The highest BCUT2D eigenvalue weighted by Gasteiger charge is 2.85. The van der Waals surface area contributed by atoms with E-state index in [1.165, 1.54) is 0 Å². The predicted octanol–water partition coefficient (Wildman–Crippen LogP) is 4.96. The standard InChI is InChI=1S/C11H7F9/c12-9(13,14)8(10(15,16)17,11(18,19)20)7-5-3-1-2-4-6-7/h1-7H. The summed E-state index contributed by atoms with van der Waals surface area (Å²) < 4.78 is 115. The maximum absolute atomic E-state index is 12.8. The second kappa shape index (κ2) is 4.85. The van der Waals surface area contributed by atoms with Crippen LogP contribution in [0.25, 0.3) is 0 Å². The van der Waals surface area contributed by atoms with E-state index in [4.69, 9.17) is 0 Å². The van der Waals surface area contributed by atoms with Crippen molar-refractivity contribution < 1.29 is 39.5 Å². The molecule has 20 heavy (non-hydrogen) atoms. The molecule has 0 saturated carbocycles. The van der Waals surface area contributed by atoms with E-state index >= 15 is 0 Å². The second-order valence-corrected chi connectivity index (χ2v) is 3.98. The van der Waals surface area contributed by atoms with Crippen LogP contribution in [0.2, 0.25) is 0 Å². The minimum atomic E-state index is -6.55. The monoisotopic (exact) mass is 310 g/mol. The summed E-state index contributed by atoms with van der Waals surface area (Å²) in [6.07, 6.45) is -15.7. The fraction of sp³-hybridized carbons (Fsp3) is 0.455. The van der Waals surface area contributed by atoms with E-state index in [-0.39, 0.29) is 12.2 Å². The van der Waals surface area contributed by atoms with Crippen LogP contribution in [0.3, 0.4) is 0 Å². The molecule has 0 aromatic carbocycles. The van der Waals surface area contributed by atoms with Crippen LogP contribution in [0.1, 0.15) is 0 Å².